The van der Waals surface area contributed by atoms with Crippen LogP contribution in [0.15, 0.2) is 52.1 Å². The van der Waals surface area contributed by atoms with Gasteiger partial charge in [-0.25, -0.2) is 4.99 Å². The van der Waals surface area contributed by atoms with E-state index < -0.39 is 0 Å². The lowest BCUT2D eigenvalue weighted by Crippen LogP contribution is -2.53. The summed E-state index contributed by atoms with van der Waals surface area (Å²) < 4.78 is 11.3. The predicted octanol–water partition coefficient (Wildman–Crippen LogP) is 2.78. The van der Waals surface area contributed by atoms with Gasteiger partial charge in [0.2, 0.25) is 0 Å². The molecule has 1 saturated heterocycles. The van der Waals surface area contributed by atoms with E-state index in [9.17, 15) is 4.79 Å². The summed E-state index contributed by atoms with van der Waals surface area (Å²) in [5.41, 5.74) is 1.12. The van der Waals surface area contributed by atoms with Gasteiger partial charge in [-0.1, -0.05) is 18.2 Å². The Morgan fingerprint density at radius 3 is 2.55 bits per heavy atom. The monoisotopic (exact) mass is 398 g/mol. The third kappa shape index (κ3) is 5.53. The number of hydrogen-bond donors (Lipinski definition) is 1. The Balaban J connectivity index is 1.55. The van der Waals surface area contributed by atoms with E-state index >= 15 is 0 Å². The van der Waals surface area contributed by atoms with E-state index in [2.05, 4.69) is 17.1 Å². The third-order valence-electron chi connectivity index (χ3n) is 4.85. The number of furan rings is 1. The molecule has 3 rings (SSSR count). The summed E-state index contributed by atoms with van der Waals surface area (Å²) in [6, 6.07) is 11.4. The Bertz CT molecular complexity index is 811. The average molecular weight is 399 g/mol. The number of carbonyl (C=O) groups is 1. The van der Waals surface area contributed by atoms with E-state index in [0.29, 0.717) is 25.4 Å². The fraction of sp³-hybridized carbons (Fsp3) is 0.455. The highest BCUT2D eigenvalue weighted by Crippen LogP contribution is 2.18. The van der Waals surface area contributed by atoms with Crippen LogP contribution in [0.2, 0.25) is 0 Å². The number of aryl methyl sites for hydroxylation is 1. The molecular formula is C22H30N4O3. The number of carbonyl (C=O) groups excluding carboxylic acids is 1. The number of aliphatic imine (C=N–C) groups is 1. The Labute approximate surface area is 172 Å². The Kier molecular flexibility index (Phi) is 7.16. The maximum absolute atomic E-state index is 12.4. The second-order valence-electron chi connectivity index (χ2n) is 7.15. The highest BCUT2D eigenvalue weighted by molar-refractivity contribution is 5.91. The zero-order chi connectivity index (χ0) is 20.6. The summed E-state index contributed by atoms with van der Waals surface area (Å²) in [7, 11) is 0. The lowest BCUT2D eigenvalue weighted by atomic mass is 10.2. The molecule has 2 heterocycles. The quantitative estimate of drug-likeness (QED) is 0.599. The first-order valence-corrected chi connectivity index (χ1v) is 10.2. The zero-order valence-corrected chi connectivity index (χ0v) is 17.4. The van der Waals surface area contributed by atoms with Crippen molar-refractivity contribution in [3.8, 4) is 5.75 Å². The van der Waals surface area contributed by atoms with Crippen LogP contribution in [-0.4, -0.2) is 67.0 Å². The van der Waals surface area contributed by atoms with Gasteiger partial charge in [-0.15, -0.1) is 0 Å². The number of guanidine groups is 1. The number of para-hydroxylation sites is 1. The second kappa shape index (κ2) is 10.0. The Morgan fingerprint density at radius 1 is 1.17 bits per heavy atom. The van der Waals surface area contributed by atoms with Crippen LogP contribution in [-0.2, 0) is 0 Å². The van der Waals surface area contributed by atoms with Gasteiger partial charge in [0.15, 0.2) is 11.7 Å². The fourth-order valence-electron chi connectivity index (χ4n) is 3.26. The van der Waals surface area contributed by atoms with Crippen LogP contribution in [0.3, 0.4) is 0 Å². The summed E-state index contributed by atoms with van der Waals surface area (Å²) in [5, 5.41) is 3.35. The zero-order valence-electron chi connectivity index (χ0n) is 17.4. The largest absolute Gasteiger partial charge is 0.489 e. The van der Waals surface area contributed by atoms with Gasteiger partial charge in [0.1, 0.15) is 11.9 Å². The molecule has 1 aromatic carbocycles. The van der Waals surface area contributed by atoms with Gasteiger partial charge < -0.3 is 24.3 Å². The molecular weight excluding hydrogens is 368 g/mol. The minimum absolute atomic E-state index is 0.0356. The minimum Gasteiger partial charge on any atom is -0.489 e. The first-order valence-electron chi connectivity index (χ1n) is 10.2. The van der Waals surface area contributed by atoms with E-state index in [1.54, 1.807) is 12.1 Å². The maximum Gasteiger partial charge on any atom is 0.289 e. The van der Waals surface area contributed by atoms with E-state index in [1.807, 2.05) is 43.0 Å². The standard InChI is InChI=1S/C22H30N4O3/c1-4-23-22(24-16-18(3)29-19-9-6-5-8-17(19)2)26-13-11-25(12-14-26)21(27)20-10-7-15-28-20/h5-10,15,18H,4,11-14,16H2,1-3H3,(H,23,24). The van der Waals surface area contributed by atoms with E-state index in [4.69, 9.17) is 14.1 Å². The molecule has 156 valence electrons. The molecule has 1 amide bonds. The third-order valence-corrected chi connectivity index (χ3v) is 4.85. The molecule has 7 nitrogen and oxygen atoms in total. The van der Waals surface area contributed by atoms with Gasteiger partial charge in [-0.3, -0.25) is 4.79 Å². The van der Waals surface area contributed by atoms with Crippen molar-refractivity contribution in [3.63, 3.8) is 0 Å². The van der Waals surface area contributed by atoms with Gasteiger partial charge in [-0.2, -0.15) is 0 Å². The summed E-state index contributed by atoms with van der Waals surface area (Å²) in [6.45, 7) is 10.2. The second-order valence-corrected chi connectivity index (χ2v) is 7.15. The SMILES string of the molecule is CCNC(=NCC(C)Oc1ccccc1C)N1CCN(C(=O)c2ccco2)CC1. The molecule has 0 spiro atoms. The summed E-state index contributed by atoms with van der Waals surface area (Å²) in [6.07, 6.45) is 1.49. The number of benzene rings is 1. The number of piperazine rings is 1. The molecule has 1 N–H and O–H groups in total. The fourth-order valence-corrected chi connectivity index (χ4v) is 3.26. The van der Waals surface area contributed by atoms with Crippen LogP contribution >= 0.6 is 0 Å². The van der Waals surface area contributed by atoms with Crippen molar-refractivity contribution in [1.29, 1.82) is 0 Å². The van der Waals surface area contributed by atoms with Crippen molar-refractivity contribution in [2.45, 2.75) is 26.9 Å². The lowest BCUT2D eigenvalue weighted by Gasteiger charge is -2.36. The molecule has 1 fully saturated rings. The minimum atomic E-state index is -0.0585. The van der Waals surface area contributed by atoms with Gasteiger partial charge in [0.25, 0.3) is 5.91 Å². The number of ether oxygens (including phenoxy) is 1. The van der Waals surface area contributed by atoms with Crippen LogP contribution in [0.4, 0.5) is 0 Å². The molecule has 7 heteroatoms. The van der Waals surface area contributed by atoms with Gasteiger partial charge >= 0.3 is 0 Å². The maximum atomic E-state index is 12.4. The van der Waals surface area contributed by atoms with E-state index in [0.717, 1.165) is 36.9 Å². The van der Waals surface area contributed by atoms with Gasteiger partial charge in [0.05, 0.1) is 12.8 Å². The molecule has 29 heavy (non-hydrogen) atoms. The van der Waals surface area contributed by atoms with Crippen molar-refractivity contribution in [1.82, 2.24) is 15.1 Å². The topological polar surface area (TPSA) is 70.3 Å². The first kappa shape index (κ1) is 20.8. The Morgan fingerprint density at radius 2 is 1.90 bits per heavy atom. The van der Waals surface area contributed by atoms with Crippen molar-refractivity contribution < 1.29 is 13.9 Å². The smallest absolute Gasteiger partial charge is 0.289 e. The predicted molar refractivity (Wildman–Crippen MR) is 113 cm³/mol. The lowest BCUT2D eigenvalue weighted by molar-refractivity contribution is 0.0657. The van der Waals surface area contributed by atoms with Crippen molar-refractivity contribution in [3.05, 3.63) is 54.0 Å². The van der Waals surface area contributed by atoms with Crippen LogP contribution < -0.4 is 10.1 Å². The molecule has 1 aromatic heterocycles. The van der Waals surface area contributed by atoms with E-state index in [-0.39, 0.29) is 12.0 Å². The first-order chi connectivity index (χ1) is 14.1. The van der Waals surface area contributed by atoms with Gasteiger partial charge in [0, 0.05) is 32.7 Å². The average Bonchev–Trinajstić information content (AvgIpc) is 3.27. The number of rotatable bonds is 6. The highest BCUT2D eigenvalue weighted by atomic mass is 16.5. The Hall–Kier alpha value is -2.96. The molecule has 1 unspecified atom stereocenters. The molecule has 0 bridgehead atoms. The molecule has 1 atom stereocenters. The molecule has 2 aromatic rings. The molecule has 0 radical (unpaired) electrons. The van der Waals surface area contributed by atoms with Gasteiger partial charge in [-0.05, 0) is 44.5 Å². The molecule has 0 saturated carbocycles. The summed E-state index contributed by atoms with van der Waals surface area (Å²) in [5.74, 6) is 2.08. The number of amides is 1. The van der Waals surface area contributed by atoms with Crippen LogP contribution in [0.1, 0.15) is 30.0 Å². The summed E-state index contributed by atoms with van der Waals surface area (Å²) >= 11 is 0. The highest BCUT2D eigenvalue weighted by Gasteiger charge is 2.25. The van der Waals surface area contributed by atoms with E-state index in [1.165, 1.54) is 6.26 Å². The van der Waals surface area contributed by atoms with Crippen molar-refractivity contribution in [2.75, 3.05) is 39.3 Å². The molecule has 1 aliphatic heterocycles. The van der Waals surface area contributed by atoms with Crippen molar-refractivity contribution in [2.24, 2.45) is 4.99 Å². The van der Waals surface area contributed by atoms with Crippen LogP contribution in [0.5, 0.6) is 5.75 Å². The number of nitrogens with one attached hydrogen (secondary N) is 1. The van der Waals surface area contributed by atoms with Crippen LogP contribution in [0, 0.1) is 6.92 Å². The van der Waals surface area contributed by atoms with Crippen molar-refractivity contribution >= 4 is 11.9 Å². The number of nitrogens with zero attached hydrogens (tertiary/aromatic N) is 3. The molecule has 0 aliphatic carbocycles. The summed E-state index contributed by atoms with van der Waals surface area (Å²) in [4.78, 5) is 21.2. The number of hydrogen-bond acceptors (Lipinski definition) is 4. The van der Waals surface area contributed by atoms with Crippen LogP contribution in [0.25, 0.3) is 0 Å². The normalized spacial score (nSPS) is 15.9. The molecule has 1 aliphatic rings.